The van der Waals surface area contributed by atoms with E-state index in [4.69, 9.17) is 4.74 Å². The molecule has 100 valence electrons. The average molecular weight is 260 g/mol. The van der Waals surface area contributed by atoms with Crippen LogP contribution in [0.5, 0.6) is 0 Å². The molecule has 1 atom stereocenters. The van der Waals surface area contributed by atoms with Gasteiger partial charge in [-0.2, -0.15) is 0 Å². The molecule has 0 aliphatic carbocycles. The molecule has 5 heteroatoms. The lowest BCUT2D eigenvalue weighted by Crippen LogP contribution is -2.46. The van der Waals surface area contributed by atoms with Gasteiger partial charge in [-0.1, -0.05) is 6.92 Å². The first kappa shape index (κ1) is 13.5. The molecule has 0 amide bonds. The van der Waals surface area contributed by atoms with Crippen molar-refractivity contribution in [1.29, 1.82) is 0 Å². The molecule has 0 aromatic carbocycles. The van der Waals surface area contributed by atoms with Gasteiger partial charge in [0.25, 0.3) is 0 Å². The fourth-order valence-electron chi connectivity index (χ4n) is 2.53. The molecule has 1 unspecified atom stereocenters. The van der Waals surface area contributed by atoms with E-state index in [2.05, 4.69) is 15.5 Å². The summed E-state index contributed by atoms with van der Waals surface area (Å²) in [6.45, 7) is 6.05. The molecule has 2 aliphatic heterocycles. The molecule has 4 nitrogen and oxygen atoms in total. The molecule has 0 aromatic heterocycles. The molecule has 0 spiro atoms. The zero-order valence-corrected chi connectivity index (χ0v) is 11.7. The van der Waals surface area contributed by atoms with Crippen molar-refractivity contribution in [3.63, 3.8) is 0 Å². The fourth-order valence-corrected chi connectivity index (χ4v) is 3.90. The Hall–Kier alpha value is 0.0300. The van der Waals surface area contributed by atoms with Gasteiger partial charge in [-0.15, -0.1) is 0 Å². The molecule has 2 heterocycles. The highest BCUT2D eigenvalue weighted by Gasteiger charge is 2.28. The van der Waals surface area contributed by atoms with Crippen molar-refractivity contribution in [2.24, 2.45) is 5.92 Å². The highest BCUT2D eigenvalue weighted by Crippen LogP contribution is 2.21. The smallest absolute Gasteiger partial charge is 0.172 e. The van der Waals surface area contributed by atoms with Crippen molar-refractivity contribution >= 4 is 11.2 Å². The Morgan fingerprint density at radius 2 is 1.47 bits per heavy atom. The lowest BCUT2D eigenvalue weighted by molar-refractivity contribution is 0.0602. The van der Waals surface area contributed by atoms with Gasteiger partial charge in [-0.25, -0.2) is 12.8 Å². The second-order valence-electron chi connectivity index (χ2n) is 5.21. The molecule has 17 heavy (non-hydrogen) atoms. The van der Waals surface area contributed by atoms with Crippen LogP contribution < -0.4 is 0 Å². The van der Waals surface area contributed by atoms with Gasteiger partial charge in [0.2, 0.25) is 0 Å². The lowest BCUT2D eigenvalue weighted by atomic mass is 10.0. The predicted molar refractivity (Wildman–Crippen MR) is 69.7 cm³/mol. The Morgan fingerprint density at radius 1 is 1.00 bits per heavy atom. The van der Waals surface area contributed by atoms with E-state index in [1.165, 1.54) is 12.8 Å². The Labute approximate surface area is 107 Å². The molecule has 2 aliphatic rings. The van der Waals surface area contributed by atoms with Crippen molar-refractivity contribution in [2.45, 2.75) is 38.7 Å². The third-order valence-corrected chi connectivity index (χ3v) is 5.53. The molecule has 0 aromatic rings. The predicted octanol–water partition coefficient (Wildman–Crippen LogP) is 1.41. The molecule has 0 bridgehead atoms. The number of ether oxygens (including phenoxy) is 1. The first-order chi connectivity index (χ1) is 8.20. The van der Waals surface area contributed by atoms with Crippen LogP contribution in [-0.4, -0.2) is 52.2 Å². The molecule has 2 rings (SSSR count). The Morgan fingerprint density at radius 3 is 1.94 bits per heavy atom. The van der Waals surface area contributed by atoms with Crippen LogP contribution in [0.2, 0.25) is 0 Å². The highest BCUT2D eigenvalue weighted by molar-refractivity contribution is 7.80. The topological polar surface area (TPSA) is 32.8 Å². The van der Waals surface area contributed by atoms with Gasteiger partial charge in [0, 0.05) is 33.3 Å². The van der Waals surface area contributed by atoms with E-state index in [0.717, 1.165) is 44.9 Å². The van der Waals surface area contributed by atoms with Gasteiger partial charge in [0.1, 0.15) is 0 Å². The zero-order chi connectivity index (χ0) is 12.3. The largest absolute Gasteiger partial charge is 0.381 e. The van der Waals surface area contributed by atoms with Crippen molar-refractivity contribution in [3.8, 4) is 0 Å². The van der Waals surface area contributed by atoms with Gasteiger partial charge in [0.05, 0.1) is 6.10 Å². The van der Waals surface area contributed by atoms with E-state index in [9.17, 15) is 4.21 Å². The summed E-state index contributed by atoms with van der Waals surface area (Å²) in [5, 5.41) is 0. The first-order valence-corrected chi connectivity index (χ1v) is 7.71. The van der Waals surface area contributed by atoms with Crippen LogP contribution in [0.3, 0.4) is 0 Å². The van der Waals surface area contributed by atoms with E-state index in [-0.39, 0.29) is 0 Å². The van der Waals surface area contributed by atoms with E-state index in [0.29, 0.717) is 6.10 Å². The van der Waals surface area contributed by atoms with Crippen LogP contribution in [-0.2, 0) is 15.9 Å². The van der Waals surface area contributed by atoms with Crippen LogP contribution in [0, 0.1) is 5.92 Å². The van der Waals surface area contributed by atoms with Crippen molar-refractivity contribution in [2.75, 3.05) is 33.3 Å². The van der Waals surface area contributed by atoms with Gasteiger partial charge < -0.3 is 4.74 Å². The number of rotatable bonds is 3. The minimum atomic E-state index is -0.914. The maximum atomic E-state index is 12.4. The summed E-state index contributed by atoms with van der Waals surface area (Å²) in [5.41, 5.74) is 0. The number of hydrogen-bond acceptors (Lipinski definition) is 2. The van der Waals surface area contributed by atoms with Crippen LogP contribution in [0.25, 0.3) is 0 Å². The van der Waals surface area contributed by atoms with Gasteiger partial charge in [-0.05, 0) is 31.6 Å². The lowest BCUT2D eigenvalue weighted by Gasteiger charge is -2.36. The maximum Gasteiger partial charge on any atom is 0.172 e. The summed E-state index contributed by atoms with van der Waals surface area (Å²) < 4.78 is 22.0. The minimum Gasteiger partial charge on any atom is -0.381 e. The SMILES string of the molecule is COC1CCN(S(=O)N2CCC(C)CC2)CC1. The summed E-state index contributed by atoms with van der Waals surface area (Å²) in [6.07, 6.45) is 4.74. The van der Waals surface area contributed by atoms with Gasteiger partial charge in [-0.3, -0.25) is 0 Å². The molecular weight excluding hydrogens is 236 g/mol. The summed E-state index contributed by atoms with van der Waals surface area (Å²) in [5.74, 6) is 0.794. The molecule has 2 saturated heterocycles. The van der Waals surface area contributed by atoms with Crippen LogP contribution in [0.4, 0.5) is 0 Å². The van der Waals surface area contributed by atoms with Gasteiger partial charge >= 0.3 is 0 Å². The Bertz CT molecular complexity index is 259. The average Bonchev–Trinajstić information content (AvgIpc) is 2.39. The standard InChI is InChI=1S/C12H24N2O2S/c1-11-3-7-13(8-4-11)17(15)14-9-5-12(16-2)6-10-14/h11-12H,3-10H2,1-2H3. The number of piperidine rings is 2. The second kappa shape index (κ2) is 6.27. The summed E-state index contributed by atoms with van der Waals surface area (Å²) >= 11 is -0.914. The van der Waals surface area contributed by atoms with Crippen LogP contribution in [0.15, 0.2) is 0 Å². The molecule has 0 N–H and O–H groups in total. The van der Waals surface area contributed by atoms with E-state index >= 15 is 0 Å². The monoisotopic (exact) mass is 260 g/mol. The van der Waals surface area contributed by atoms with Crippen molar-refractivity contribution < 1.29 is 8.95 Å². The number of methoxy groups -OCH3 is 1. The second-order valence-corrected chi connectivity index (χ2v) is 6.70. The molecule has 0 radical (unpaired) electrons. The summed E-state index contributed by atoms with van der Waals surface area (Å²) in [7, 11) is 1.77. The third-order valence-electron chi connectivity index (χ3n) is 3.92. The highest BCUT2D eigenvalue weighted by atomic mass is 32.2. The van der Waals surface area contributed by atoms with Crippen LogP contribution >= 0.6 is 0 Å². The summed E-state index contributed by atoms with van der Waals surface area (Å²) in [6, 6.07) is 0. The maximum absolute atomic E-state index is 12.4. The van der Waals surface area contributed by atoms with E-state index in [1.807, 2.05) is 0 Å². The zero-order valence-electron chi connectivity index (χ0n) is 10.9. The normalized spacial score (nSPS) is 28.4. The number of hydrogen-bond donors (Lipinski definition) is 0. The Kier molecular flexibility index (Phi) is 4.97. The van der Waals surface area contributed by atoms with Crippen LogP contribution in [0.1, 0.15) is 32.6 Å². The third kappa shape index (κ3) is 3.50. The molecular formula is C12H24N2O2S. The fraction of sp³-hybridized carbons (Fsp3) is 1.00. The minimum absolute atomic E-state index is 0.365. The number of nitrogens with zero attached hydrogens (tertiary/aromatic N) is 2. The molecule has 0 saturated carbocycles. The summed E-state index contributed by atoms with van der Waals surface area (Å²) in [4.78, 5) is 0. The molecule has 2 fully saturated rings. The van der Waals surface area contributed by atoms with E-state index < -0.39 is 11.2 Å². The quantitative estimate of drug-likeness (QED) is 0.768. The van der Waals surface area contributed by atoms with Gasteiger partial charge in [0.15, 0.2) is 11.2 Å². The van der Waals surface area contributed by atoms with E-state index in [1.54, 1.807) is 7.11 Å². The van der Waals surface area contributed by atoms with Crippen molar-refractivity contribution in [3.05, 3.63) is 0 Å². The van der Waals surface area contributed by atoms with Crippen molar-refractivity contribution in [1.82, 2.24) is 8.61 Å². The first-order valence-electron chi connectivity index (χ1n) is 6.65. The Balaban J connectivity index is 1.80.